The summed E-state index contributed by atoms with van der Waals surface area (Å²) in [4.78, 5) is 31.9. The summed E-state index contributed by atoms with van der Waals surface area (Å²) < 4.78 is 5.69. The van der Waals surface area contributed by atoms with Gasteiger partial charge < -0.3 is 9.84 Å². The van der Waals surface area contributed by atoms with E-state index in [2.05, 4.69) is 19.1 Å². The van der Waals surface area contributed by atoms with E-state index in [1.807, 2.05) is 35.2 Å². The predicted molar refractivity (Wildman–Crippen MR) is 138 cm³/mol. The van der Waals surface area contributed by atoms with Gasteiger partial charge in [0.25, 0.3) is 5.91 Å². The summed E-state index contributed by atoms with van der Waals surface area (Å²) in [6.07, 6.45) is 8.04. The van der Waals surface area contributed by atoms with Gasteiger partial charge in [-0.2, -0.15) is 0 Å². The SMILES string of the molecule is CCCCC1=NC2(CCCCC2)C(=O)N1Cc1ccc(-c2cccc(OC(C)(C)C(=O)O)c2)cc1. The molecule has 35 heavy (non-hydrogen) atoms. The summed E-state index contributed by atoms with van der Waals surface area (Å²) in [5, 5.41) is 9.34. The van der Waals surface area contributed by atoms with Crippen LogP contribution >= 0.6 is 0 Å². The summed E-state index contributed by atoms with van der Waals surface area (Å²) in [6, 6.07) is 15.6. The molecule has 1 spiro atoms. The van der Waals surface area contributed by atoms with E-state index >= 15 is 0 Å². The van der Waals surface area contributed by atoms with E-state index in [9.17, 15) is 14.7 Å². The largest absolute Gasteiger partial charge is 0.478 e. The van der Waals surface area contributed by atoms with Gasteiger partial charge in [0.15, 0.2) is 5.60 Å². The summed E-state index contributed by atoms with van der Waals surface area (Å²) in [5.74, 6) is 0.628. The van der Waals surface area contributed by atoms with Crippen molar-refractivity contribution in [3.05, 3.63) is 54.1 Å². The number of carbonyl (C=O) groups is 2. The number of amides is 1. The number of benzene rings is 2. The number of aliphatic carboxylic acids is 1. The minimum absolute atomic E-state index is 0.179. The predicted octanol–water partition coefficient (Wildman–Crippen LogP) is 6.23. The van der Waals surface area contributed by atoms with E-state index in [1.54, 1.807) is 6.07 Å². The number of amidine groups is 1. The molecule has 2 aromatic rings. The molecule has 2 aliphatic rings. The molecule has 1 fully saturated rings. The van der Waals surface area contributed by atoms with Crippen LogP contribution < -0.4 is 4.74 Å². The third-order valence-electron chi connectivity index (χ3n) is 7.08. The summed E-state index contributed by atoms with van der Waals surface area (Å²) >= 11 is 0. The maximum absolute atomic E-state index is 13.5. The molecular weight excluding hydrogens is 440 g/mol. The second-order valence-corrected chi connectivity index (χ2v) is 10.3. The first kappa shape index (κ1) is 25.0. The van der Waals surface area contributed by atoms with Gasteiger partial charge in [-0.3, -0.25) is 14.7 Å². The molecule has 1 aliphatic carbocycles. The average Bonchev–Trinajstić information content (AvgIpc) is 3.08. The number of carbonyl (C=O) groups excluding carboxylic acids is 1. The maximum atomic E-state index is 13.5. The molecule has 1 amide bonds. The van der Waals surface area contributed by atoms with E-state index in [0.29, 0.717) is 12.3 Å². The van der Waals surface area contributed by atoms with Gasteiger partial charge in [-0.05, 0) is 61.9 Å². The molecule has 1 N–H and O–H groups in total. The molecule has 1 saturated carbocycles. The number of rotatable bonds is 9. The fraction of sp³-hybridized carbons (Fsp3) is 0.483. The average molecular weight is 477 g/mol. The molecule has 4 rings (SSSR count). The molecule has 186 valence electrons. The third-order valence-corrected chi connectivity index (χ3v) is 7.08. The zero-order valence-electron chi connectivity index (χ0n) is 21.0. The van der Waals surface area contributed by atoms with Crippen LogP contribution in [0, 0.1) is 0 Å². The highest BCUT2D eigenvalue weighted by Crippen LogP contribution is 2.39. The first-order valence-electron chi connectivity index (χ1n) is 12.8. The fourth-order valence-electron chi connectivity index (χ4n) is 4.94. The normalized spacial score (nSPS) is 17.5. The minimum Gasteiger partial charge on any atom is -0.478 e. The van der Waals surface area contributed by atoms with Crippen LogP contribution in [0.5, 0.6) is 5.75 Å². The van der Waals surface area contributed by atoms with Crippen LogP contribution in [-0.4, -0.2) is 38.9 Å². The lowest BCUT2D eigenvalue weighted by molar-refractivity contribution is -0.152. The topological polar surface area (TPSA) is 79.2 Å². The first-order chi connectivity index (χ1) is 16.7. The Morgan fingerprint density at radius 2 is 1.80 bits per heavy atom. The molecule has 1 heterocycles. The molecule has 0 unspecified atom stereocenters. The van der Waals surface area contributed by atoms with Crippen LogP contribution in [0.1, 0.15) is 77.7 Å². The van der Waals surface area contributed by atoms with Crippen molar-refractivity contribution in [1.29, 1.82) is 0 Å². The standard InChI is InChI=1S/C29H36N2O4/c1-4-5-12-25-30-29(17-7-6-8-18-29)26(32)31(25)20-21-13-15-22(16-14-21)23-10-9-11-24(19-23)35-28(2,3)27(33)34/h9-11,13-16,19H,4-8,12,17-18,20H2,1-3H3,(H,33,34). The van der Waals surface area contributed by atoms with Crippen molar-refractivity contribution >= 4 is 17.7 Å². The van der Waals surface area contributed by atoms with Gasteiger partial charge in [0.05, 0.1) is 6.54 Å². The Balaban J connectivity index is 1.50. The minimum atomic E-state index is -1.31. The zero-order valence-corrected chi connectivity index (χ0v) is 21.0. The van der Waals surface area contributed by atoms with Gasteiger partial charge >= 0.3 is 5.97 Å². The number of nitrogens with zero attached hydrogens (tertiary/aromatic N) is 2. The molecule has 6 nitrogen and oxygen atoms in total. The Kier molecular flexibility index (Phi) is 7.29. The van der Waals surface area contributed by atoms with E-state index in [0.717, 1.165) is 67.5 Å². The highest BCUT2D eigenvalue weighted by molar-refractivity contribution is 6.08. The van der Waals surface area contributed by atoms with Crippen LogP contribution in [-0.2, 0) is 16.1 Å². The van der Waals surface area contributed by atoms with Crippen LogP contribution in [0.4, 0.5) is 0 Å². The van der Waals surface area contributed by atoms with Crippen molar-refractivity contribution < 1.29 is 19.4 Å². The lowest BCUT2D eigenvalue weighted by atomic mass is 9.82. The number of carboxylic acid groups (broad SMARTS) is 1. The number of carboxylic acids is 1. The van der Waals surface area contributed by atoms with Gasteiger partial charge in [0.1, 0.15) is 17.1 Å². The molecule has 1 aliphatic heterocycles. The van der Waals surface area contributed by atoms with Gasteiger partial charge in [-0.25, -0.2) is 4.79 Å². The van der Waals surface area contributed by atoms with Crippen molar-refractivity contribution in [3.63, 3.8) is 0 Å². The molecule has 0 radical (unpaired) electrons. The molecule has 2 aromatic carbocycles. The van der Waals surface area contributed by atoms with Crippen LogP contribution in [0.15, 0.2) is 53.5 Å². The Hall–Kier alpha value is -3.15. The van der Waals surface area contributed by atoms with Crippen LogP contribution in [0.2, 0.25) is 0 Å². The Bertz CT molecular complexity index is 1100. The Morgan fingerprint density at radius 3 is 2.46 bits per heavy atom. The molecule has 0 saturated heterocycles. The van der Waals surface area contributed by atoms with Gasteiger partial charge in [0.2, 0.25) is 0 Å². The zero-order chi connectivity index (χ0) is 25.1. The second-order valence-electron chi connectivity index (χ2n) is 10.3. The summed E-state index contributed by atoms with van der Waals surface area (Å²) in [6.45, 7) is 5.77. The van der Waals surface area contributed by atoms with Crippen molar-refractivity contribution in [2.24, 2.45) is 4.99 Å². The van der Waals surface area contributed by atoms with Crippen molar-refractivity contribution in [1.82, 2.24) is 4.90 Å². The summed E-state index contributed by atoms with van der Waals surface area (Å²) in [5.41, 5.74) is 1.18. The van der Waals surface area contributed by atoms with Gasteiger partial charge in [-0.15, -0.1) is 0 Å². The number of aliphatic imine (C=N–C) groups is 1. The molecular formula is C29H36N2O4. The number of unbranched alkanes of at least 4 members (excludes halogenated alkanes) is 1. The first-order valence-corrected chi connectivity index (χ1v) is 12.8. The third kappa shape index (κ3) is 5.42. The maximum Gasteiger partial charge on any atom is 0.347 e. The van der Waals surface area contributed by atoms with Crippen molar-refractivity contribution in [2.75, 3.05) is 0 Å². The van der Waals surface area contributed by atoms with Crippen LogP contribution in [0.3, 0.4) is 0 Å². The van der Waals surface area contributed by atoms with E-state index in [4.69, 9.17) is 9.73 Å². The van der Waals surface area contributed by atoms with Crippen molar-refractivity contribution in [2.45, 2.75) is 89.8 Å². The quantitative estimate of drug-likeness (QED) is 0.465. The van der Waals surface area contributed by atoms with E-state index in [-0.39, 0.29) is 5.91 Å². The Labute approximate surface area is 208 Å². The highest BCUT2D eigenvalue weighted by atomic mass is 16.5. The van der Waals surface area contributed by atoms with E-state index < -0.39 is 17.1 Å². The molecule has 6 heteroatoms. The highest BCUT2D eigenvalue weighted by Gasteiger charge is 2.48. The number of hydrogen-bond donors (Lipinski definition) is 1. The summed E-state index contributed by atoms with van der Waals surface area (Å²) in [7, 11) is 0. The van der Waals surface area contributed by atoms with Crippen LogP contribution in [0.25, 0.3) is 11.1 Å². The molecule has 0 aromatic heterocycles. The fourth-order valence-corrected chi connectivity index (χ4v) is 4.94. The molecule has 0 atom stereocenters. The lowest BCUT2D eigenvalue weighted by Gasteiger charge is -2.29. The lowest BCUT2D eigenvalue weighted by Crippen LogP contribution is -2.43. The van der Waals surface area contributed by atoms with Crippen molar-refractivity contribution in [3.8, 4) is 16.9 Å². The molecule has 0 bridgehead atoms. The number of ether oxygens (including phenoxy) is 1. The van der Waals surface area contributed by atoms with Gasteiger partial charge in [-0.1, -0.05) is 69.0 Å². The smallest absolute Gasteiger partial charge is 0.347 e. The Morgan fingerprint density at radius 1 is 1.09 bits per heavy atom. The van der Waals surface area contributed by atoms with E-state index in [1.165, 1.54) is 20.3 Å². The number of hydrogen-bond acceptors (Lipinski definition) is 4. The monoisotopic (exact) mass is 476 g/mol. The second kappa shape index (κ2) is 10.2. The van der Waals surface area contributed by atoms with Gasteiger partial charge in [0, 0.05) is 6.42 Å².